The Balaban J connectivity index is 2.44. The lowest BCUT2D eigenvalue weighted by Crippen LogP contribution is -2.01. The lowest BCUT2D eigenvalue weighted by atomic mass is 10.2. The Morgan fingerprint density at radius 1 is 1.35 bits per heavy atom. The highest BCUT2D eigenvalue weighted by molar-refractivity contribution is 6.32. The second kappa shape index (κ2) is 5.85. The van der Waals surface area contributed by atoms with Gasteiger partial charge >= 0.3 is 0 Å². The number of benzene rings is 2. The van der Waals surface area contributed by atoms with Crippen LogP contribution in [0.4, 0.5) is 10.1 Å². The van der Waals surface area contributed by atoms with E-state index in [0.29, 0.717) is 5.56 Å². The van der Waals surface area contributed by atoms with Crippen molar-refractivity contribution in [3.8, 4) is 11.5 Å². The van der Waals surface area contributed by atoms with Crippen LogP contribution in [0.15, 0.2) is 36.4 Å². The molecule has 2 N–H and O–H groups in total. The Morgan fingerprint density at radius 3 is 2.75 bits per heavy atom. The van der Waals surface area contributed by atoms with Gasteiger partial charge in [0.05, 0.1) is 16.0 Å². The number of ether oxygens (including phenoxy) is 1. The number of nitrogens with two attached hydrogens (primary N) is 1. The number of nitro groups is 1. The van der Waals surface area contributed by atoms with Crippen molar-refractivity contribution < 1.29 is 14.1 Å². The topological polar surface area (TPSA) is 78.4 Å². The Morgan fingerprint density at radius 2 is 2.10 bits per heavy atom. The van der Waals surface area contributed by atoms with Gasteiger partial charge in [0.1, 0.15) is 0 Å². The largest absolute Gasteiger partial charge is 0.452 e. The molecule has 2 rings (SSSR count). The molecule has 2 aromatic carbocycles. The van der Waals surface area contributed by atoms with Gasteiger partial charge in [-0.15, -0.1) is 0 Å². The number of para-hydroxylation sites is 1. The van der Waals surface area contributed by atoms with Gasteiger partial charge in [-0.25, -0.2) is 4.39 Å². The zero-order valence-corrected chi connectivity index (χ0v) is 10.9. The first kappa shape index (κ1) is 14.2. The summed E-state index contributed by atoms with van der Waals surface area (Å²) in [6, 6.07) is 8.00. The van der Waals surface area contributed by atoms with Gasteiger partial charge in [-0.3, -0.25) is 10.1 Å². The minimum absolute atomic E-state index is 0.000617. The van der Waals surface area contributed by atoms with Gasteiger partial charge in [-0.1, -0.05) is 23.7 Å². The molecule has 0 unspecified atom stereocenters. The third kappa shape index (κ3) is 2.87. The summed E-state index contributed by atoms with van der Waals surface area (Å²) in [6.45, 7) is 0.0691. The SMILES string of the molecule is NCc1cccc(F)c1Oc1cc([N+](=O)[O-])ccc1Cl. The van der Waals surface area contributed by atoms with Crippen LogP contribution in [0.5, 0.6) is 11.5 Å². The fraction of sp³-hybridized carbons (Fsp3) is 0.0769. The number of hydrogen-bond donors (Lipinski definition) is 1. The summed E-state index contributed by atoms with van der Waals surface area (Å²) < 4.78 is 19.1. The van der Waals surface area contributed by atoms with Crippen LogP contribution in [-0.4, -0.2) is 4.92 Å². The molecule has 0 amide bonds. The molecule has 0 aliphatic carbocycles. The zero-order chi connectivity index (χ0) is 14.7. The first-order chi connectivity index (χ1) is 9.52. The van der Waals surface area contributed by atoms with E-state index in [1.807, 2.05) is 0 Å². The van der Waals surface area contributed by atoms with Crippen molar-refractivity contribution in [1.29, 1.82) is 0 Å². The molecule has 0 fully saturated rings. The van der Waals surface area contributed by atoms with Crippen molar-refractivity contribution in [2.75, 3.05) is 0 Å². The van der Waals surface area contributed by atoms with E-state index >= 15 is 0 Å². The monoisotopic (exact) mass is 296 g/mol. The van der Waals surface area contributed by atoms with E-state index in [-0.39, 0.29) is 28.8 Å². The van der Waals surface area contributed by atoms with Crippen LogP contribution in [-0.2, 0) is 6.54 Å². The Labute approximate surface area is 118 Å². The van der Waals surface area contributed by atoms with Gasteiger partial charge in [0, 0.05) is 18.2 Å². The van der Waals surface area contributed by atoms with Gasteiger partial charge in [0.15, 0.2) is 17.3 Å². The zero-order valence-electron chi connectivity index (χ0n) is 10.2. The van der Waals surface area contributed by atoms with Crippen LogP contribution >= 0.6 is 11.6 Å². The fourth-order valence-electron chi connectivity index (χ4n) is 1.62. The normalized spacial score (nSPS) is 10.3. The molecule has 0 bridgehead atoms. The summed E-state index contributed by atoms with van der Waals surface area (Å²) in [6.07, 6.45) is 0. The summed E-state index contributed by atoms with van der Waals surface area (Å²) in [5.41, 5.74) is 5.74. The number of rotatable bonds is 4. The standard InChI is InChI=1S/C13H10ClFN2O3/c14-10-5-4-9(17(18)19)6-12(10)20-13-8(7-16)2-1-3-11(13)15/h1-6H,7,16H2. The van der Waals surface area contributed by atoms with Gasteiger partial charge in [0.2, 0.25) is 0 Å². The first-order valence-electron chi connectivity index (χ1n) is 5.62. The van der Waals surface area contributed by atoms with E-state index in [4.69, 9.17) is 22.1 Å². The highest BCUT2D eigenvalue weighted by atomic mass is 35.5. The molecule has 0 aromatic heterocycles. The molecule has 104 valence electrons. The molecule has 0 heterocycles. The summed E-state index contributed by atoms with van der Waals surface area (Å²) in [5, 5.41) is 10.9. The lowest BCUT2D eigenvalue weighted by Gasteiger charge is -2.11. The van der Waals surface area contributed by atoms with Crippen LogP contribution in [0.3, 0.4) is 0 Å². The molecule has 0 aliphatic heterocycles. The van der Waals surface area contributed by atoms with Crippen molar-refractivity contribution in [2.45, 2.75) is 6.54 Å². The minimum atomic E-state index is -0.615. The molecule has 0 saturated carbocycles. The number of non-ortho nitro benzene ring substituents is 1. The molecular weight excluding hydrogens is 287 g/mol. The summed E-state index contributed by atoms with van der Waals surface area (Å²) in [5.74, 6) is -0.700. The van der Waals surface area contributed by atoms with Gasteiger partial charge in [0.25, 0.3) is 5.69 Å². The highest BCUT2D eigenvalue weighted by Crippen LogP contribution is 2.35. The van der Waals surface area contributed by atoms with E-state index in [1.165, 1.54) is 24.3 Å². The molecule has 5 nitrogen and oxygen atoms in total. The van der Waals surface area contributed by atoms with E-state index in [2.05, 4.69) is 0 Å². The number of nitrogens with zero attached hydrogens (tertiary/aromatic N) is 1. The van der Waals surface area contributed by atoms with Crippen LogP contribution in [0.2, 0.25) is 5.02 Å². The van der Waals surface area contributed by atoms with Gasteiger partial charge < -0.3 is 10.5 Å². The molecule has 7 heteroatoms. The Hall–Kier alpha value is -2.18. The second-order valence-corrected chi connectivity index (χ2v) is 4.31. The van der Waals surface area contributed by atoms with Crippen molar-refractivity contribution in [3.05, 3.63) is 62.9 Å². The predicted molar refractivity (Wildman–Crippen MR) is 72.5 cm³/mol. The van der Waals surface area contributed by atoms with Crippen LogP contribution < -0.4 is 10.5 Å². The molecule has 0 atom stereocenters. The third-order valence-corrected chi connectivity index (χ3v) is 2.92. The molecule has 0 spiro atoms. The van der Waals surface area contributed by atoms with Gasteiger partial charge in [-0.2, -0.15) is 0 Å². The van der Waals surface area contributed by atoms with E-state index in [9.17, 15) is 14.5 Å². The van der Waals surface area contributed by atoms with E-state index < -0.39 is 10.7 Å². The van der Waals surface area contributed by atoms with Crippen LogP contribution in [0.25, 0.3) is 0 Å². The van der Waals surface area contributed by atoms with Crippen molar-refractivity contribution >= 4 is 17.3 Å². The average Bonchev–Trinajstić information content (AvgIpc) is 2.42. The smallest absolute Gasteiger partial charge is 0.273 e. The van der Waals surface area contributed by atoms with Crippen molar-refractivity contribution in [3.63, 3.8) is 0 Å². The second-order valence-electron chi connectivity index (χ2n) is 3.91. The maximum absolute atomic E-state index is 13.8. The Bertz CT molecular complexity index is 664. The predicted octanol–water partition coefficient (Wildman–Crippen LogP) is 3.64. The van der Waals surface area contributed by atoms with Crippen molar-refractivity contribution in [2.24, 2.45) is 5.73 Å². The highest BCUT2D eigenvalue weighted by Gasteiger charge is 2.15. The molecule has 20 heavy (non-hydrogen) atoms. The quantitative estimate of drug-likeness (QED) is 0.690. The molecule has 0 saturated heterocycles. The third-order valence-electron chi connectivity index (χ3n) is 2.61. The molecular formula is C13H10ClFN2O3. The summed E-state index contributed by atoms with van der Waals surface area (Å²) in [4.78, 5) is 10.1. The molecule has 0 radical (unpaired) electrons. The van der Waals surface area contributed by atoms with E-state index in [1.54, 1.807) is 6.07 Å². The summed E-state index contributed by atoms with van der Waals surface area (Å²) >= 11 is 5.90. The maximum Gasteiger partial charge on any atom is 0.273 e. The number of halogens is 2. The number of nitro benzene ring substituents is 1. The number of hydrogen-bond acceptors (Lipinski definition) is 4. The fourth-order valence-corrected chi connectivity index (χ4v) is 1.78. The Kier molecular flexibility index (Phi) is 4.16. The molecule has 0 aliphatic rings. The van der Waals surface area contributed by atoms with Crippen LogP contribution in [0, 0.1) is 15.9 Å². The first-order valence-corrected chi connectivity index (χ1v) is 6.00. The molecule has 2 aromatic rings. The maximum atomic E-state index is 13.8. The summed E-state index contributed by atoms with van der Waals surface area (Å²) in [7, 11) is 0. The lowest BCUT2D eigenvalue weighted by molar-refractivity contribution is -0.384. The van der Waals surface area contributed by atoms with E-state index in [0.717, 1.165) is 6.07 Å². The minimum Gasteiger partial charge on any atom is -0.452 e. The van der Waals surface area contributed by atoms with Gasteiger partial charge in [-0.05, 0) is 12.1 Å². The van der Waals surface area contributed by atoms with Crippen LogP contribution in [0.1, 0.15) is 5.56 Å². The van der Waals surface area contributed by atoms with Crippen molar-refractivity contribution in [1.82, 2.24) is 0 Å². The average molecular weight is 297 g/mol.